The Balaban J connectivity index is 1.01. The van der Waals surface area contributed by atoms with Crippen molar-refractivity contribution in [2.45, 2.75) is 51.4 Å². The number of rotatable bonds is 6. The summed E-state index contributed by atoms with van der Waals surface area (Å²) >= 11 is 1.90. The maximum Gasteiger partial charge on any atom is 0.0537 e. The summed E-state index contributed by atoms with van der Waals surface area (Å²) < 4.78 is 2.70. The first-order valence-electron chi connectivity index (χ1n) is 22.0. The number of hydrogen-bond donors (Lipinski definition) is 0. The molecule has 1 heterocycles. The van der Waals surface area contributed by atoms with Crippen molar-refractivity contribution < 1.29 is 0 Å². The van der Waals surface area contributed by atoms with Gasteiger partial charge in [-0.15, -0.1) is 11.3 Å². The Bertz CT molecular complexity index is 3370. The normalized spacial score (nSPS) is 15.4. The van der Waals surface area contributed by atoms with Crippen LogP contribution >= 0.6 is 11.3 Å². The molecule has 0 aliphatic heterocycles. The molecule has 0 fully saturated rings. The van der Waals surface area contributed by atoms with Crippen LogP contribution in [0.5, 0.6) is 0 Å². The van der Waals surface area contributed by atoms with E-state index in [1.165, 1.54) is 115 Å². The molecule has 8 aromatic carbocycles. The van der Waals surface area contributed by atoms with Crippen LogP contribution in [0.1, 0.15) is 68.4 Å². The average Bonchev–Trinajstić information content (AvgIpc) is 3.88. The van der Waals surface area contributed by atoms with Gasteiger partial charge in [0.1, 0.15) is 0 Å². The van der Waals surface area contributed by atoms with Gasteiger partial charge in [-0.3, -0.25) is 0 Å². The first-order valence-corrected chi connectivity index (χ1v) is 22.9. The number of para-hydroxylation sites is 1. The van der Waals surface area contributed by atoms with Crippen molar-refractivity contribution in [3.8, 4) is 44.5 Å². The van der Waals surface area contributed by atoms with Crippen molar-refractivity contribution in [2.24, 2.45) is 0 Å². The molecule has 0 unspecified atom stereocenters. The third-order valence-electron chi connectivity index (χ3n) is 14.2. The molecule has 12 rings (SSSR count). The van der Waals surface area contributed by atoms with E-state index in [4.69, 9.17) is 0 Å². The summed E-state index contributed by atoms with van der Waals surface area (Å²) in [6, 6.07) is 66.2. The summed E-state index contributed by atoms with van der Waals surface area (Å²) in [7, 11) is 0. The topological polar surface area (TPSA) is 3.24 Å². The van der Waals surface area contributed by atoms with Crippen molar-refractivity contribution in [3.63, 3.8) is 0 Å². The molecule has 1 nitrogen and oxygen atoms in total. The van der Waals surface area contributed by atoms with Crippen LogP contribution < -0.4 is 4.90 Å². The predicted molar refractivity (Wildman–Crippen MR) is 266 cm³/mol. The van der Waals surface area contributed by atoms with E-state index in [-0.39, 0.29) is 10.8 Å². The lowest BCUT2D eigenvalue weighted by Crippen LogP contribution is -2.20. The van der Waals surface area contributed by atoms with Gasteiger partial charge in [-0.2, -0.15) is 0 Å². The second-order valence-electron chi connectivity index (χ2n) is 18.4. The average molecular weight is 814 g/mol. The third kappa shape index (κ3) is 5.59. The minimum absolute atomic E-state index is 0.0315. The van der Waals surface area contributed by atoms with Gasteiger partial charge in [0.15, 0.2) is 0 Å². The lowest BCUT2D eigenvalue weighted by molar-refractivity contribution is 0.660. The van der Waals surface area contributed by atoms with Gasteiger partial charge in [0.2, 0.25) is 0 Å². The largest absolute Gasteiger partial charge is 0.314 e. The Hall–Kier alpha value is -6.74. The lowest BCUT2D eigenvalue weighted by atomic mass is 9.82. The molecule has 1 aromatic heterocycles. The highest BCUT2D eigenvalue weighted by molar-refractivity contribution is 7.25. The molecule has 0 N–H and O–H groups in total. The van der Waals surface area contributed by atoms with Crippen LogP contribution in [0, 0.1) is 0 Å². The Morgan fingerprint density at radius 1 is 0.403 bits per heavy atom. The van der Waals surface area contributed by atoms with Crippen LogP contribution in [0.3, 0.4) is 0 Å². The zero-order chi connectivity index (χ0) is 41.7. The Kier molecular flexibility index (Phi) is 8.30. The molecule has 0 saturated heterocycles. The van der Waals surface area contributed by atoms with Crippen LogP contribution in [-0.4, -0.2) is 0 Å². The van der Waals surface area contributed by atoms with Gasteiger partial charge >= 0.3 is 0 Å². The number of allylic oxidation sites excluding steroid dienone is 4. The van der Waals surface area contributed by atoms with Gasteiger partial charge in [-0.05, 0) is 128 Å². The van der Waals surface area contributed by atoms with Gasteiger partial charge in [-0.25, -0.2) is 0 Å². The van der Waals surface area contributed by atoms with E-state index in [0.29, 0.717) is 0 Å². The predicted octanol–water partition coefficient (Wildman–Crippen LogP) is 16.9. The van der Waals surface area contributed by atoms with E-state index in [2.05, 4.69) is 221 Å². The maximum atomic E-state index is 2.56. The molecule has 3 aliphatic rings. The standard InChI is InChI=1S/C60H47NS/c1-59(2)53-22-12-8-18-46(53)51-35-40(28-34-54(51)59)43-15-5-6-16-44(43)48-19-9-13-23-56(48)61(42-31-33-47-45-17-7-11-21-52(45)60(3,4)55(47)37-42)41-29-25-38(26-30-41)39-27-32-50-49-20-10-14-24-57(49)62-58(50)36-39/h5-25,27-29,31-37H,26,30H2,1-4H3. The lowest BCUT2D eigenvalue weighted by Gasteiger charge is -2.33. The van der Waals surface area contributed by atoms with E-state index < -0.39 is 0 Å². The first kappa shape index (κ1) is 37.1. The highest BCUT2D eigenvalue weighted by Crippen LogP contribution is 2.53. The van der Waals surface area contributed by atoms with E-state index in [1.807, 2.05) is 11.3 Å². The van der Waals surface area contributed by atoms with Crippen molar-refractivity contribution in [2.75, 3.05) is 4.90 Å². The summed E-state index contributed by atoms with van der Waals surface area (Å²) in [6.45, 7) is 9.48. The highest BCUT2D eigenvalue weighted by Gasteiger charge is 2.37. The fourth-order valence-corrected chi connectivity index (χ4v) is 12.2. The summed E-state index contributed by atoms with van der Waals surface area (Å²) in [4.78, 5) is 2.56. The van der Waals surface area contributed by atoms with Crippen LogP contribution in [0.25, 0.3) is 70.3 Å². The van der Waals surface area contributed by atoms with Gasteiger partial charge in [0.05, 0.1) is 5.69 Å². The van der Waals surface area contributed by atoms with Crippen molar-refractivity contribution >= 4 is 48.5 Å². The molecular weight excluding hydrogens is 767 g/mol. The Morgan fingerprint density at radius 3 is 1.77 bits per heavy atom. The maximum absolute atomic E-state index is 2.56. The van der Waals surface area contributed by atoms with E-state index in [1.54, 1.807) is 0 Å². The molecule has 2 heteroatoms. The fourth-order valence-electron chi connectivity index (χ4n) is 11.0. The van der Waals surface area contributed by atoms with Crippen molar-refractivity contribution in [1.29, 1.82) is 0 Å². The number of fused-ring (bicyclic) bond motifs is 9. The second-order valence-corrected chi connectivity index (χ2v) is 19.5. The zero-order valence-electron chi connectivity index (χ0n) is 35.7. The molecule has 298 valence electrons. The van der Waals surface area contributed by atoms with Gasteiger partial charge in [0, 0.05) is 48.0 Å². The van der Waals surface area contributed by atoms with Crippen LogP contribution in [0.2, 0.25) is 0 Å². The molecule has 62 heavy (non-hydrogen) atoms. The Morgan fingerprint density at radius 2 is 1.00 bits per heavy atom. The van der Waals surface area contributed by atoms with Gasteiger partial charge in [0.25, 0.3) is 0 Å². The number of anilines is 2. The number of hydrogen-bond acceptors (Lipinski definition) is 2. The van der Waals surface area contributed by atoms with E-state index in [0.717, 1.165) is 12.8 Å². The van der Waals surface area contributed by atoms with Crippen LogP contribution in [-0.2, 0) is 10.8 Å². The van der Waals surface area contributed by atoms with Crippen molar-refractivity contribution in [3.05, 3.63) is 222 Å². The summed E-state index contributed by atoms with van der Waals surface area (Å²) in [5, 5.41) is 2.70. The van der Waals surface area contributed by atoms with E-state index in [9.17, 15) is 0 Å². The van der Waals surface area contributed by atoms with E-state index >= 15 is 0 Å². The number of benzene rings is 8. The molecular formula is C60H47NS. The molecule has 9 aromatic rings. The van der Waals surface area contributed by atoms with Gasteiger partial charge in [-0.1, -0.05) is 173 Å². The zero-order valence-corrected chi connectivity index (χ0v) is 36.5. The molecule has 0 atom stereocenters. The smallest absolute Gasteiger partial charge is 0.0537 e. The molecule has 3 aliphatic carbocycles. The molecule has 0 bridgehead atoms. The SMILES string of the molecule is CC1(C)c2ccccc2-c2cc(-c3ccccc3-c3ccccc3N(C3=CC=C(c4ccc5c(c4)sc4ccccc45)CC3)c3ccc4c(c3)C(C)(C)c3ccccc3-4)ccc21. The molecule has 0 saturated carbocycles. The van der Waals surface area contributed by atoms with Crippen LogP contribution in [0.4, 0.5) is 11.4 Å². The summed E-state index contributed by atoms with van der Waals surface area (Å²) in [5.41, 5.74) is 22.1. The molecule has 0 amide bonds. The fraction of sp³-hybridized carbons (Fsp3) is 0.133. The number of nitrogens with zero attached hydrogens (tertiary/aromatic N) is 1. The van der Waals surface area contributed by atoms with Crippen LogP contribution in [0.15, 0.2) is 194 Å². The highest BCUT2D eigenvalue weighted by atomic mass is 32.1. The minimum atomic E-state index is -0.111. The van der Waals surface area contributed by atoms with Crippen molar-refractivity contribution in [1.82, 2.24) is 0 Å². The molecule has 0 radical (unpaired) electrons. The van der Waals surface area contributed by atoms with Gasteiger partial charge < -0.3 is 4.90 Å². The summed E-state index contributed by atoms with van der Waals surface area (Å²) in [6.07, 6.45) is 6.66. The molecule has 0 spiro atoms. The minimum Gasteiger partial charge on any atom is -0.314 e. The third-order valence-corrected chi connectivity index (χ3v) is 15.4. The summed E-state index contributed by atoms with van der Waals surface area (Å²) in [5.74, 6) is 0. The Labute approximate surface area is 369 Å². The monoisotopic (exact) mass is 813 g/mol. The second kappa shape index (κ2) is 13.9. The quantitative estimate of drug-likeness (QED) is 0.162. The number of thiophene rings is 1. The first-order chi connectivity index (χ1) is 30.3.